The van der Waals surface area contributed by atoms with Crippen molar-refractivity contribution in [2.45, 2.75) is 56.6 Å². The molecule has 1 aromatic rings. The summed E-state index contributed by atoms with van der Waals surface area (Å²) in [5.41, 5.74) is 0.429. The standard InChI is InChI=1S/C21H30FNO2/c1-24-20-6-5-17(22)14-19(20)21(25-2)7-9-23(10-8-21)18-12-15-3-4-16(11-15)13-18/h5-6,14-16,18H,3-4,7-13H2,1-2H3. The fraction of sp³-hybridized carbons (Fsp3) is 0.714. The van der Waals surface area contributed by atoms with Gasteiger partial charge >= 0.3 is 0 Å². The number of hydrogen-bond donors (Lipinski definition) is 0. The van der Waals surface area contributed by atoms with Gasteiger partial charge in [-0.2, -0.15) is 0 Å². The molecule has 0 N–H and O–H groups in total. The van der Waals surface area contributed by atoms with E-state index < -0.39 is 5.60 Å². The summed E-state index contributed by atoms with van der Waals surface area (Å²) >= 11 is 0. The third kappa shape index (κ3) is 3.19. The molecule has 3 aliphatic rings. The molecule has 4 rings (SSSR count). The fourth-order valence-corrected chi connectivity index (χ4v) is 5.64. The SMILES string of the molecule is COc1ccc(F)cc1C1(OC)CCN(C2CC3CCC(C3)C2)CC1. The van der Waals surface area contributed by atoms with E-state index in [9.17, 15) is 4.39 Å². The quantitative estimate of drug-likeness (QED) is 0.808. The van der Waals surface area contributed by atoms with Crippen LogP contribution in [0.15, 0.2) is 18.2 Å². The second-order valence-corrected chi connectivity index (χ2v) is 8.25. The van der Waals surface area contributed by atoms with Gasteiger partial charge in [-0.3, -0.25) is 0 Å². The van der Waals surface area contributed by atoms with Crippen LogP contribution >= 0.6 is 0 Å². The van der Waals surface area contributed by atoms with Crippen LogP contribution in [0.2, 0.25) is 0 Å². The second-order valence-electron chi connectivity index (χ2n) is 8.25. The van der Waals surface area contributed by atoms with Gasteiger partial charge in [-0.05, 0) is 62.1 Å². The molecule has 0 amide bonds. The number of ether oxygens (including phenoxy) is 2. The van der Waals surface area contributed by atoms with Crippen LogP contribution in [0.5, 0.6) is 5.75 Å². The van der Waals surface area contributed by atoms with Crippen LogP contribution in [0.25, 0.3) is 0 Å². The van der Waals surface area contributed by atoms with Gasteiger partial charge in [0.25, 0.3) is 0 Å². The van der Waals surface area contributed by atoms with Crippen molar-refractivity contribution in [1.82, 2.24) is 4.90 Å². The number of rotatable bonds is 4. The van der Waals surface area contributed by atoms with E-state index in [4.69, 9.17) is 9.47 Å². The van der Waals surface area contributed by atoms with Gasteiger partial charge < -0.3 is 14.4 Å². The fourth-order valence-electron chi connectivity index (χ4n) is 5.64. The number of hydrogen-bond acceptors (Lipinski definition) is 3. The highest BCUT2D eigenvalue weighted by molar-refractivity contribution is 5.39. The Morgan fingerprint density at radius 3 is 2.32 bits per heavy atom. The Kier molecular flexibility index (Phi) is 4.76. The lowest BCUT2D eigenvalue weighted by molar-refractivity contribution is -0.0744. The molecule has 0 aromatic heterocycles. The highest BCUT2D eigenvalue weighted by atomic mass is 19.1. The summed E-state index contributed by atoms with van der Waals surface area (Å²) in [5.74, 6) is 2.42. The Bertz CT molecular complexity index is 600. The number of methoxy groups -OCH3 is 2. The maximum absolute atomic E-state index is 13.9. The van der Waals surface area contributed by atoms with E-state index >= 15 is 0 Å². The van der Waals surface area contributed by atoms with E-state index in [-0.39, 0.29) is 5.82 Å². The zero-order valence-electron chi connectivity index (χ0n) is 15.5. The van der Waals surface area contributed by atoms with E-state index in [1.165, 1.54) is 38.2 Å². The van der Waals surface area contributed by atoms with Gasteiger partial charge in [-0.1, -0.05) is 12.8 Å². The Balaban J connectivity index is 1.50. The van der Waals surface area contributed by atoms with E-state index in [1.807, 2.05) is 0 Å². The first-order valence-electron chi connectivity index (χ1n) is 9.77. The van der Waals surface area contributed by atoms with E-state index in [1.54, 1.807) is 26.4 Å². The molecule has 2 saturated carbocycles. The minimum absolute atomic E-state index is 0.224. The zero-order valence-corrected chi connectivity index (χ0v) is 15.5. The topological polar surface area (TPSA) is 21.7 Å². The highest BCUT2D eigenvalue weighted by Gasteiger charge is 2.42. The third-order valence-corrected chi connectivity index (χ3v) is 7.03. The van der Waals surface area contributed by atoms with Crippen LogP contribution in [-0.4, -0.2) is 38.3 Å². The molecular formula is C21H30FNO2. The van der Waals surface area contributed by atoms with Crippen LogP contribution < -0.4 is 4.74 Å². The van der Waals surface area contributed by atoms with Crippen LogP contribution in [-0.2, 0) is 10.3 Å². The van der Waals surface area contributed by atoms with Crippen molar-refractivity contribution < 1.29 is 13.9 Å². The molecule has 2 bridgehead atoms. The van der Waals surface area contributed by atoms with Gasteiger partial charge in [0.15, 0.2) is 0 Å². The van der Waals surface area contributed by atoms with Crippen LogP contribution in [0.1, 0.15) is 50.5 Å². The van der Waals surface area contributed by atoms with Crippen LogP contribution in [0, 0.1) is 17.7 Å². The van der Waals surface area contributed by atoms with Gasteiger partial charge in [0.2, 0.25) is 0 Å². The van der Waals surface area contributed by atoms with E-state index in [0.29, 0.717) is 0 Å². The average Bonchev–Trinajstić information content (AvgIpc) is 2.99. The maximum Gasteiger partial charge on any atom is 0.125 e. The number of likely N-dealkylation sites (tertiary alicyclic amines) is 1. The molecular weight excluding hydrogens is 317 g/mol. The third-order valence-electron chi connectivity index (χ3n) is 7.03. The first kappa shape index (κ1) is 17.3. The second kappa shape index (κ2) is 6.88. The molecule has 1 aliphatic heterocycles. The lowest BCUT2D eigenvalue weighted by atomic mass is 9.80. The minimum atomic E-state index is -0.433. The molecule has 138 valence electrons. The molecule has 25 heavy (non-hydrogen) atoms. The Morgan fingerprint density at radius 2 is 1.72 bits per heavy atom. The number of halogens is 1. The monoisotopic (exact) mass is 347 g/mol. The minimum Gasteiger partial charge on any atom is -0.496 e. The number of nitrogens with zero attached hydrogens (tertiary/aromatic N) is 1. The lowest BCUT2D eigenvalue weighted by Crippen LogP contribution is -2.49. The van der Waals surface area contributed by atoms with Gasteiger partial charge in [0.05, 0.1) is 12.7 Å². The summed E-state index contributed by atoms with van der Waals surface area (Å²) < 4.78 is 25.4. The molecule has 2 atom stereocenters. The molecule has 0 radical (unpaired) electrons. The summed E-state index contributed by atoms with van der Waals surface area (Å²) in [5, 5.41) is 0. The number of piperidine rings is 1. The Labute approximate surface area is 150 Å². The summed E-state index contributed by atoms with van der Waals surface area (Å²) in [6.45, 7) is 2.05. The Hall–Kier alpha value is -1.13. The molecule has 1 aromatic carbocycles. The smallest absolute Gasteiger partial charge is 0.125 e. The van der Waals surface area contributed by atoms with E-state index in [2.05, 4.69) is 4.90 Å². The van der Waals surface area contributed by atoms with Crippen molar-refractivity contribution in [2.75, 3.05) is 27.3 Å². The summed E-state index contributed by atoms with van der Waals surface area (Å²) in [6.07, 6.45) is 8.89. The van der Waals surface area contributed by atoms with Gasteiger partial charge in [-0.15, -0.1) is 0 Å². The van der Waals surface area contributed by atoms with Crippen molar-refractivity contribution in [1.29, 1.82) is 0 Å². The first-order valence-corrected chi connectivity index (χ1v) is 9.77. The lowest BCUT2D eigenvalue weighted by Gasteiger charge is -2.46. The normalized spacial score (nSPS) is 31.9. The average molecular weight is 347 g/mol. The van der Waals surface area contributed by atoms with Gasteiger partial charge in [0.1, 0.15) is 11.6 Å². The summed E-state index contributed by atoms with van der Waals surface area (Å²) in [7, 11) is 3.40. The predicted octanol–water partition coefficient (Wildman–Crippen LogP) is 4.35. The first-order chi connectivity index (χ1) is 12.1. The maximum atomic E-state index is 13.9. The number of benzene rings is 1. The van der Waals surface area contributed by atoms with Crippen molar-refractivity contribution in [3.05, 3.63) is 29.6 Å². The largest absolute Gasteiger partial charge is 0.496 e. The van der Waals surface area contributed by atoms with Gasteiger partial charge in [0, 0.05) is 31.8 Å². The molecule has 3 fully saturated rings. The summed E-state index contributed by atoms with van der Waals surface area (Å²) in [4.78, 5) is 2.67. The molecule has 1 saturated heterocycles. The van der Waals surface area contributed by atoms with Crippen LogP contribution in [0.3, 0.4) is 0 Å². The zero-order chi connectivity index (χ0) is 17.4. The molecule has 0 spiro atoms. The number of fused-ring (bicyclic) bond motifs is 2. The van der Waals surface area contributed by atoms with Crippen molar-refractivity contribution >= 4 is 0 Å². The van der Waals surface area contributed by atoms with Crippen LogP contribution in [0.4, 0.5) is 4.39 Å². The molecule has 2 aliphatic carbocycles. The molecule has 2 unspecified atom stereocenters. The van der Waals surface area contributed by atoms with E-state index in [0.717, 1.165) is 55.1 Å². The van der Waals surface area contributed by atoms with Gasteiger partial charge in [-0.25, -0.2) is 4.39 Å². The molecule has 4 heteroatoms. The summed E-state index contributed by atoms with van der Waals surface area (Å²) in [6, 6.07) is 5.52. The van der Waals surface area contributed by atoms with Crippen molar-refractivity contribution in [3.63, 3.8) is 0 Å². The predicted molar refractivity (Wildman–Crippen MR) is 96.3 cm³/mol. The molecule has 1 heterocycles. The Morgan fingerprint density at radius 1 is 1.04 bits per heavy atom. The van der Waals surface area contributed by atoms with Crippen molar-refractivity contribution in [2.24, 2.45) is 11.8 Å². The molecule has 3 nitrogen and oxygen atoms in total. The highest BCUT2D eigenvalue weighted by Crippen LogP contribution is 2.46. The van der Waals surface area contributed by atoms with Crippen molar-refractivity contribution in [3.8, 4) is 5.75 Å².